The summed E-state index contributed by atoms with van der Waals surface area (Å²) in [4.78, 5) is 23.8. The van der Waals surface area contributed by atoms with E-state index < -0.39 is 0 Å². The van der Waals surface area contributed by atoms with Crippen molar-refractivity contribution in [2.24, 2.45) is 4.99 Å². The lowest BCUT2D eigenvalue weighted by atomic mass is 9.96. The number of amides is 1. The maximum absolute atomic E-state index is 11.8. The van der Waals surface area contributed by atoms with Crippen molar-refractivity contribution in [1.29, 1.82) is 0 Å². The van der Waals surface area contributed by atoms with Gasteiger partial charge in [-0.05, 0) is 12.8 Å². The molecule has 23 heavy (non-hydrogen) atoms. The molecule has 1 fully saturated rings. The van der Waals surface area contributed by atoms with Crippen LogP contribution in [0.5, 0.6) is 0 Å². The highest BCUT2D eigenvalue weighted by molar-refractivity contribution is 14.0. The molecule has 0 spiro atoms. The Hall–Kier alpha value is -1.45. The Balaban J connectivity index is 0.00000264. The van der Waals surface area contributed by atoms with Gasteiger partial charge in [-0.1, -0.05) is 19.3 Å². The molecule has 0 aromatic carbocycles. The van der Waals surface area contributed by atoms with Crippen molar-refractivity contribution in [2.45, 2.75) is 38.1 Å². The van der Waals surface area contributed by atoms with Gasteiger partial charge in [0.2, 0.25) is 0 Å². The summed E-state index contributed by atoms with van der Waals surface area (Å²) in [5, 5.41) is 9.44. The maximum Gasteiger partial charge on any atom is 0.271 e. The molecule has 1 aliphatic carbocycles. The first-order valence-corrected chi connectivity index (χ1v) is 7.81. The van der Waals surface area contributed by atoms with Crippen molar-refractivity contribution in [1.82, 2.24) is 25.9 Å². The maximum atomic E-state index is 11.8. The molecule has 0 saturated heterocycles. The fourth-order valence-corrected chi connectivity index (χ4v) is 2.50. The number of nitrogens with one attached hydrogen (secondary N) is 3. The largest absolute Gasteiger partial charge is 0.355 e. The topological polar surface area (TPSA) is 91.3 Å². The minimum Gasteiger partial charge on any atom is -0.355 e. The van der Waals surface area contributed by atoms with E-state index in [-0.39, 0.29) is 29.9 Å². The highest BCUT2D eigenvalue weighted by Gasteiger charge is 2.14. The van der Waals surface area contributed by atoms with Gasteiger partial charge in [0, 0.05) is 38.6 Å². The van der Waals surface area contributed by atoms with E-state index in [9.17, 15) is 4.79 Å². The molecule has 0 radical (unpaired) electrons. The summed E-state index contributed by atoms with van der Waals surface area (Å²) in [6.07, 6.45) is 10.8. The van der Waals surface area contributed by atoms with Crippen LogP contribution in [0.1, 0.15) is 42.6 Å². The quantitative estimate of drug-likeness (QED) is 0.283. The Bertz CT molecular complexity index is 490. The number of rotatable bonds is 5. The second-order valence-corrected chi connectivity index (χ2v) is 5.32. The second kappa shape index (κ2) is 11.1. The number of carbonyl (C=O) groups excluding carboxylic acids is 1. The Kier molecular flexibility index (Phi) is 9.49. The van der Waals surface area contributed by atoms with Crippen molar-refractivity contribution in [2.75, 3.05) is 20.1 Å². The van der Waals surface area contributed by atoms with Crippen molar-refractivity contribution in [3.63, 3.8) is 0 Å². The molecule has 128 valence electrons. The minimum absolute atomic E-state index is 0. The summed E-state index contributed by atoms with van der Waals surface area (Å²) in [5.74, 6) is 0.575. The summed E-state index contributed by atoms with van der Waals surface area (Å²) < 4.78 is 0. The van der Waals surface area contributed by atoms with Gasteiger partial charge in [0.1, 0.15) is 5.69 Å². The Labute approximate surface area is 154 Å². The summed E-state index contributed by atoms with van der Waals surface area (Å²) in [7, 11) is 1.76. The molecular formula is C15H25IN6O. The van der Waals surface area contributed by atoms with Gasteiger partial charge in [0.05, 0.1) is 6.20 Å². The van der Waals surface area contributed by atoms with Crippen LogP contribution in [0.2, 0.25) is 0 Å². The zero-order valence-corrected chi connectivity index (χ0v) is 15.7. The van der Waals surface area contributed by atoms with E-state index in [4.69, 9.17) is 0 Å². The lowest BCUT2D eigenvalue weighted by Gasteiger charge is -2.24. The fraction of sp³-hybridized carbons (Fsp3) is 0.600. The highest BCUT2D eigenvalue weighted by atomic mass is 127. The molecule has 1 aromatic heterocycles. The lowest BCUT2D eigenvalue weighted by molar-refractivity contribution is 0.0949. The average Bonchev–Trinajstić information content (AvgIpc) is 2.59. The normalized spacial score (nSPS) is 15.4. The summed E-state index contributed by atoms with van der Waals surface area (Å²) >= 11 is 0. The van der Waals surface area contributed by atoms with E-state index in [1.54, 1.807) is 13.2 Å². The molecular weight excluding hydrogens is 407 g/mol. The number of hydrogen-bond acceptors (Lipinski definition) is 4. The zero-order valence-electron chi connectivity index (χ0n) is 13.4. The summed E-state index contributed by atoms with van der Waals surface area (Å²) in [6, 6.07) is 0.508. The van der Waals surface area contributed by atoms with Crippen LogP contribution in [0.15, 0.2) is 23.6 Å². The average molecular weight is 432 g/mol. The van der Waals surface area contributed by atoms with Crippen LogP contribution in [-0.2, 0) is 0 Å². The molecule has 0 bridgehead atoms. The van der Waals surface area contributed by atoms with Crippen LogP contribution >= 0.6 is 24.0 Å². The van der Waals surface area contributed by atoms with Crippen LogP contribution in [0.3, 0.4) is 0 Å². The van der Waals surface area contributed by atoms with Crippen molar-refractivity contribution in [3.8, 4) is 0 Å². The molecule has 3 N–H and O–H groups in total. The Morgan fingerprint density at radius 3 is 2.61 bits per heavy atom. The third-order valence-corrected chi connectivity index (χ3v) is 3.67. The third kappa shape index (κ3) is 7.10. The molecule has 0 aliphatic heterocycles. The second-order valence-electron chi connectivity index (χ2n) is 5.32. The number of hydrogen-bond donors (Lipinski definition) is 3. The molecule has 2 rings (SSSR count). The van der Waals surface area contributed by atoms with Gasteiger partial charge < -0.3 is 16.0 Å². The minimum atomic E-state index is -0.217. The van der Waals surface area contributed by atoms with Crippen LogP contribution < -0.4 is 16.0 Å². The van der Waals surface area contributed by atoms with Gasteiger partial charge >= 0.3 is 0 Å². The van der Waals surface area contributed by atoms with Crippen LogP contribution in [0.25, 0.3) is 0 Å². The number of halogens is 1. The van der Waals surface area contributed by atoms with Crippen molar-refractivity contribution < 1.29 is 4.79 Å². The molecule has 7 nitrogen and oxygen atoms in total. The van der Waals surface area contributed by atoms with Crippen LogP contribution in [0.4, 0.5) is 0 Å². The number of carbonyl (C=O) groups is 1. The molecule has 1 saturated carbocycles. The molecule has 1 amide bonds. The molecule has 1 aliphatic rings. The van der Waals surface area contributed by atoms with Gasteiger partial charge in [0.25, 0.3) is 5.91 Å². The predicted molar refractivity (Wildman–Crippen MR) is 101 cm³/mol. The number of aromatic nitrogens is 2. The standard InChI is InChI=1S/C15H24N6O.HI/c1-16-15(21-12-5-3-2-4-6-12)20-10-9-19-14(22)13-11-17-7-8-18-13;/h7-8,11-12H,2-6,9-10H2,1H3,(H,19,22)(H2,16,20,21);1H. The van der Waals surface area contributed by atoms with Crippen LogP contribution in [0, 0.1) is 0 Å². The number of guanidine groups is 1. The number of nitrogens with zero attached hydrogens (tertiary/aromatic N) is 3. The molecule has 1 aromatic rings. The monoisotopic (exact) mass is 432 g/mol. The smallest absolute Gasteiger partial charge is 0.271 e. The van der Waals surface area contributed by atoms with Gasteiger partial charge in [-0.15, -0.1) is 24.0 Å². The van der Waals surface area contributed by atoms with E-state index in [2.05, 4.69) is 30.9 Å². The fourth-order valence-electron chi connectivity index (χ4n) is 2.50. The first-order chi connectivity index (χ1) is 10.8. The Morgan fingerprint density at radius 2 is 1.96 bits per heavy atom. The predicted octanol–water partition coefficient (Wildman–Crippen LogP) is 1.32. The first kappa shape index (κ1) is 19.6. The van der Waals surface area contributed by atoms with E-state index in [1.807, 2.05) is 0 Å². The van der Waals surface area contributed by atoms with Gasteiger partial charge in [-0.25, -0.2) is 4.98 Å². The number of aliphatic imine (C=N–C) groups is 1. The SMILES string of the molecule is CN=C(NCCNC(=O)c1cnccn1)NC1CCCCC1.I. The summed E-state index contributed by atoms with van der Waals surface area (Å²) in [5.41, 5.74) is 0.326. The zero-order chi connectivity index (χ0) is 15.6. The van der Waals surface area contributed by atoms with Crippen molar-refractivity contribution in [3.05, 3.63) is 24.3 Å². The highest BCUT2D eigenvalue weighted by Crippen LogP contribution is 2.17. The molecule has 0 atom stereocenters. The van der Waals surface area contributed by atoms with Gasteiger partial charge in [-0.2, -0.15) is 0 Å². The van der Waals surface area contributed by atoms with E-state index in [0.717, 1.165) is 5.96 Å². The van der Waals surface area contributed by atoms with Crippen molar-refractivity contribution >= 4 is 35.8 Å². The van der Waals surface area contributed by atoms with E-state index in [0.29, 0.717) is 24.8 Å². The Morgan fingerprint density at radius 1 is 1.22 bits per heavy atom. The molecule has 8 heteroatoms. The third-order valence-electron chi connectivity index (χ3n) is 3.67. The first-order valence-electron chi connectivity index (χ1n) is 7.81. The van der Waals surface area contributed by atoms with E-state index in [1.165, 1.54) is 44.5 Å². The van der Waals surface area contributed by atoms with Gasteiger partial charge in [0.15, 0.2) is 5.96 Å². The summed E-state index contributed by atoms with van der Waals surface area (Å²) in [6.45, 7) is 1.11. The molecule has 1 heterocycles. The van der Waals surface area contributed by atoms with Crippen LogP contribution in [-0.4, -0.2) is 48.0 Å². The van der Waals surface area contributed by atoms with Gasteiger partial charge in [-0.3, -0.25) is 14.8 Å². The van der Waals surface area contributed by atoms with E-state index >= 15 is 0 Å². The molecule has 0 unspecified atom stereocenters. The lowest BCUT2D eigenvalue weighted by Crippen LogP contribution is -2.46.